The summed E-state index contributed by atoms with van der Waals surface area (Å²) < 4.78 is 248. The Labute approximate surface area is 197 Å². The second-order valence-corrected chi connectivity index (χ2v) is 9.05. The third-order valence-electron chi connectivity index (χ3n) is 4.87. The average Bonchev–Trinajstić information content (AvgIpc) is 2.71. The first kappa shape index (κ1) is 35.7. The van der Waals surface area contributed by atoms with Crippen LogP contribution in [0.25, 0.3) is 0 Å². The lowest BCUT2D eigenvalue weighted by Gasteiger charge is -2.42. The predicted octanol–water partition coefficient (Wildman–Crippen LogP) is 5.60. The number of nitrogens with one attached hydrogen (secondary N) is 1. The minimum absolute atomic E-state index is 0.138. The fourth-order valence-corrected chi connectivity index (χ4v) is 3.52. The van der Waals surface area contributed by atoms with Gasteiger partial charge in [0.05, 0.1) is 0 Å². The molecule has 37 heavy (non-hydrogen) atoms. The maximum absolute atomic E-state index is 13.8. The summed E-state index contributed by atoms with van der Waals surface area (Å²) in [6.45, 7) is 2.26. The van der Waals surface area contributed by atoms with Crippen molar-refractivity contribution in [2.45, 2.75) is 67.2 Å². The van der Waals surface area contributed by atoms with Crippen LogP contribution in [0.4, 0.5) is 74.6 Å². The van der Waals surface area contributed by atoms with Gasteiger partial charge in [0.1, 0.15) is 0 Å². The molecule has 0 heterocycles. The van der Waals surface area contributed by atoms with Crippen LogP contribution in [0.3, 0.4) is 0 Å². The van der Waals surface area contributed by atoms with Gasteiger partial charge >= 0.3 is 47.0 Å². The van der Waals surface area contributed by atoms with Crippen molar-refractivity contribution in [2.24, 2.45) is 0 Å². The van der Waals surface area contributed by atoms with Crippen LogP contribution in [-0.4, -0.2) is 86.5 Å². The standard InChI is InChI=1S/C15H17F17N2O2S/c1-3-34(4-2)7-5-6-33-37(35,36)15(31,32)13(26,27)11(22,23)9(18,19)8(16,17)10(20,21)12(24,25)14(28,29)30/h33H,3-7H2,1-2H3. The van der Waals surface area contributed by atoms with Gasteiger partial charge in [-0.3, -0.25) is 0 Å². The van der Waals surface area contributed by atoms with E-state index in [0.717, 1.165) is 0 Å². The Bertz CT molecular complexity index is 882. The smallest absolute Gasteiger partial charge is 0.304 e. The van der Waals surface area contributed by atoms with Crippen molar-refractivity contribution < 1.29 is 83.1 Å². The molecule has 4 nitrogen and oxygen atoms in total. The first-order valence-electron chi connectivity index (χ1n) is 9.42. The van der Waals surface area contributed by atoms with E-state index in [1.807, 2.05) is 0 Å². The zero-order chi connectivity index (χ0) is 30.3. The highest BCUT2D eigenvalue weighted by molar-refractivity contribution is 7.90. The molecule has 0 aliphatic carbocycles. The van der Waals surface area contributed by atoms with Crippen LogP contribution >= 0.6 is 0 Å². The molecule has 0 unspecified atom stereocenters. The molecule has 0 saturated carbocycles. The Morgan fingerprint density at radius 3 is 1.22 bits per heavy atom. The van der Waals surface area contributed by atoms with Crippen molar-refractivity contribution in [3.8, 4) is 0 Å². The molecule has 0 spiro atoms. The second-order valence-electron chi connectivity index (χ2n) is 7.24. The number of hydrogen-bond donors (Lipinski definition) is 1. The quantitative estimate of drug-likeness (QED) is 0.205. The third kappa shape index (κ3) is 5.42. The zero-order valence-corrected chi connectivity index (χ0v) is 18.9. The molecule has 0 fully saturated rings. The van der Waals surface area contributed by atoms with Crippen molar-refractivity contribution in [3.63, 3.8) is 0 Å². The minimum atomic E-state index is -8.83. The van der Waals surface area contributed by atoms with Gasteiger partial charge in [-0.1, -0.05) is 13.8 Å². The van der Waals surface area contributed by atoms with Gasteiger partial charge in [-0.2, -0.15) is 74.6 Å². The lowest BCUT2D eigenvalue weighted by atomic mass is 9.91. The summed E-state index contributed by atoms with van der Waals surface area (Å²) >= 11 is 0. The monoisotopic (exact) mass is 612 g/mol. The van der Waals surface area contributed by atoms with Crippen molar-refractivity contribution in [2.75, 3.05) is 26.2 Å². The summed E-state index contributed by atoms with van der Waals surface area (Å²) in [5.41, 5.74) is 0. The van der Waals surface area contributed by atoms with Crippen LogP contribution in [0, 0.1) is 0 Å². The van der Waals surface area contributed by atoms with Crippen LogP contribution in [-0.2, 0) is 10.0 Å². The molecule has 0 radical (unpaired) electrons. The predicted molar refractivity (Wildman–Crippen MR) is 90.0 cm³/mol. The third-order valence-corrected chi connectivity index (χ3v) is 6.38. The first-order chi connectivity index (χ1) is 16.0. The molecule has 0 aromatic carbocycles. The Kier molecular flexibility index (Phi) is 9.97. The SMILES string of the molecule is CCN(CC)CCCNS(=O)(=O)C(F)(F)C(F)(F)C(F)(F)C(F)(F)C(F)(F)C(F)(F)C(F)(F)C(F)(F)F. The van der Waals surface area contributed by atoms with Gasteiger partial charge in [0, 0.05) is 6.54 Å². The summed E-state index contributed by atoms with van der Waals surface area (Å²) in [6, 6.07) is 0. The van der Waals surface area contributed by atoms with Crippen LogP contribution in [0.15, 0.2) is 0 Å². The summed E-state index contributed by atoms with van der Waals surface area (Å²) in [5, 5.41) is -7.53. The van der Waals surface area contributed by atoms with Gasteiger partial charge in [0.2, 0.25) is 0 Å². The molecule has 0 aromatic rings. The van der Waals surface area contributed by atoms with Crippen LogP contribution in [0.2, 0.25) is 0 Å². The number of halogens is 17. The summed E-state index contributed by atoms with van der Waals surface area (Å²) in [4.78, 5) is 1.48. The van der Waals surface area contributed by atoms with E-state index in [4.69, 9.17) is 0 Å². The van der Waals surface area contributed by atoms with Crippen LogP contribution < -0.4 is 4.72 Å². The van der Waals surface area contributed by atoms with E-state index in [-0.39, 0.29) is 19.6 Å². The van der Waals surface area contributed by atoms with Gasteiger partial charge in [0.15, 0.2) is 0 Å². The minimum Gasteiger partial charge on any atom is -0.304 e. The lowest BCUT2D eigenvalue weighted by molar-refractivity contribution is -0.458. The van der Waals surface area contributed by atoms with Crippen molar-refractivity contribution >= 4 is 10.0 Å². The molecule has 0 aliphatic rings. The molecule has 0 aliphatic heterocycles. The van der Waals surface area contributed by atoms with Crippen molar-refractivity contribution in [1.29, 1.82) is 0 Å². The van der Waals surface area contributed by atoms with Gasteiger partial charge in [-0.05, 0) is 26.1 Å². The number of sulfonamides is 1. The van der Waals surface area contributed by atoms with E-state index >= 15 is 0 Å². The first-order valence-corrected chi connectivity index (χ1v) is 10.9. The highest BCUT2D eigenvalue weighted by Crippen LogP contribution is 2.64. The van der Waals surface area contributed by atoms with Crippen LogP contribution in [0.1, 0.15) is 20.3 Å². The Morgan fingerprint density at radius 1 is 0.568 bits per heavy atom. The van der Waals surface area contributed by atoms with Gasteiger partial charge in [0.25, 0.3) is 10.0 Å². The molecule has 0 saturated heterocycles. The number of rotatable bonds is 14. The molecule has 1 N–H and O–H groups in total. The van der Waals surface area contributed by atoms with E-state index in [1.165, 1.54) is 4.90 Å². The van der Waals surface area contributed by atoms with Gasteiger partial charge < -0.3 is 4.90 Å². The molecule has 224 valence electrons. The zero-order valence-electron chi connectivity index (χ0n) is 18.1. The largest absolute Gasteiger partial charge is 0.460 e. The number of nitrogens with zero attached hydrogens (tertiary/aromatic N) is 1. The molecular formula is C15H17F17N2O2S. The average molecular weight is 612 g/mol. The molecular weight excluding hydrogens is 595 g/mol. The molecule has 0 rings (SSSR count). The summed E-state index contributed by atoms with van der Waals surface area (Å²) in [7, 11) is -7.23. The van der Waals surface area contributed by atoms with Crippen molar-refractivity contribution in [1.82, 2.24) is 9.62 Å². The topological polar surface area (TPSA) is 49.4 Å². The Balaban J connectivity index is 6.44. The highest BCUT2D eigenvalue weighted by atomic mass is 32.2. The van der Waals surface area contributed by atoms with Crippen molar-refractivity contribution in [3.05, 3.63) is 0 Å². The van der Waals surface area contributed by atoms with Gasteiger partial charge in [-0.25, -0.2) is 13.1 Å². The normalized spacial score (nSPS) is 16.0. The fourth-order valence-electron chi connectivity index (χ4n) is 2.46. The number of alkyl halides is 17. The van der Waals surface area contributed by atoms with E-state index in [1.54, 1.807) is 13.8 Å². The van der Waals surface area contributed by atoms with E-state index in [9.17, 15) is 83.1 Å². The lowest BCUT2D eigenvalue weighted by Crippen LogP contribution is -2.75. The van der Waals surface area contributed by atoms with Gasteiger partial charge in [-0.15, -0.1) is 0 Å². The summed E-state index contributed by atoms with van der Waals surface area (Å²) in [5.74, 6) is -51.5. The molecule has 22 heteroatoms. The number of hydrogen-bond acceptors (Lipinski definition) is 3. The molecule has 0 bridgehead atoms. The maximum atomic E-state index is 13.8. The Morgan fingerprint density at radius 2 is 0.892 bits per heavy atom. The second kappa shape index (κ2) is 10.3. The molecule has 0 atom stereocenters. The highest BCUT2D eigenvalue weighted by Gasteiger charge is 2.96. The molecule has 0 amide bonds. The van der Waals surface area contributed by atoms with E-state index < -0.39 is 70.0 Å². The maximum Gasteiger partial charge on any atom is 0.460 e. The van der Waals surface area contributed by atoms with E-state index in [2.05, 4.69) is 0 Å². The summed E-state index contributed by atoms with van der Waals surface area (Å²) in [6.07, 6.45) is -8.37. The van der Waals surface area contributed by atoms with Crippen LogP contribution in [0.5, 0.6) is 0 Å². The Hall–Kier alpha value is -1.32. The van der Waals surface area contributed by atoms with E-state index in [0.29, 0.717) is 4.72 Å². The molecule has 0 aromatic heterocycles. The fraction of sp³-hybridized carbons (Fsp3) is 1.00.